The van der Waals surface area contributed by atoms with E-state index >= 15 is 0 Å². The normalized spacial score (nSPS) is 19.8. The highest BCUT2D eigenvalue weighted by Crippen LogP contribution is 2.24. The molecule has 8 nitrogen and oxygen atoms in total. The van der Waals surface area contributed by atoms with Crippen LogP contribution in [0.4, 0.5) is 0 Å². The molecule has 1 saturated heterocycles. The Bertz CT molecular complexity index is 788. The molecule has 0 amide bonds. The number of nitrogens with one attached hydrogen (secondary N) is 1. The summed E-state index contributed by atoms with van der Waals surface area (Å²) in [7, 11) is 0.0685. The van der Waals surface area contributed by atoms with Gasteiger partial charge in [0.1, 0.15) is 0 Å². The zero-order valence-corrected chi connectivity index (χ0v) is 14.0. The monoisotopic (exact) mass is 336 g/mol. The first kappa shape index (κ1) is 16.0. The quantitative estimate of drug-likeness (QED) is 0.860. The Hall–Kier alpha value is -1.84. The smallest absolute Gasteiger partial charge is 0.243 e. The zero-order valence-electron chi connectivity index (χ0n) is 13.2. The summed E-state index contributed by atoms with van der Waals surface area (Å²) >= 11 is 0. The Balaban J connectivity index is 1.93. The molecular formula is C14H20N6O2S. The lowest BCUT2D eigenvalue weighted by Crippen LogP contribution is -2.46. The molecule has 3 rings (SSSR count). The summed E-state index contributed by atoms with van der Waals surface area (Å²) in [5.41, 5.74) is 0.681. The van der Waals surface area contributed by atoms with Crippen LogP contribution in [0.2, 0.25) is 0 Å². The topological polar surface area (TPSA) is 93.0 Å². The largest absolute Gasteiger partial charge is 0.316 e. The van der Waals surface area contributed by atoms with Crippen LogP contribution in [-0.4, -0.2) is 59.1 Å². The number of aromatic nitrogens is 4. The van der Waals surface area contributed by atoms with Crippen LogP contribution in [0.1, 0.15) is 12.8 Å². The third kappa shape index (κ3) is 3.12. The van der Waals surface area contributed by atoms with Crippen LogP contribution in [0.15, 0.2) is 29.2 Å². The molecule has 0 bridgehead atoms. The maximum Gasteiger partial charge on any atom is 0.243 e. The summed E-state index contributed by atoms with van der Waals surface area (Å²) in [4.78, 5) is 0.273. The lowest BCUT2D eigenvalue weighted by atomic mass is 10.1. The van der Waals surface area contributed by atoms with E-state index < -0.39 is 10.0 Å². The molecule has 1 aliphatic rings. The predicted molar refractivity (Wildman–Crippen MR) is 85.1 cm³/mol. The van der Waals surface area contributed by atoms with Crippen molar-refractivity contribution in [2.75, 3.05) is 20.1 Å². The molecule has 0 saturated carbocycles. The van der Waals surface area contributed by atoms with Crippen LogP contribution in [0.3, 0.4) is 0 Å². The number of rotatable bonds is 4. The minimum Gasteiger partial charge on any atom is -0.316 e. The second-order valence-electron chi connectivity index (χ2n) is 5.64. The lowest BCUT2D eigenvalue weighted by molar-refractivity contribution is 0.293. The highest BCUT2D eigenvalue weighted by atomic mass is 32.2. The number of tetrazole rings is 1. The molecule has 1 aromatic heterocycles. The summed E-state index contributed by atoms with van der Waals surface area (Å²) < 4.78 is 28.9. The van der Waals surface area contributed by atoms with Gasteiger partial charge in [-0.05, 0) is 42.4 Å². The minimum atomic E-state index is -3.52. The first-order valence-corrected chi connectivity index (χ1v) is 8.96. The molecule has 124 valence electrons. The van der Waals surface area contributed by atoms with Crippen LogP contribution >= 0.6 is 0 Å². The lowest BCUT2D eigenvalue weighted by Gasteiger charge is -2.31. The Morgan fingerprint density at radius 3 is 2.87 bits per heavy atom. The molecule has 23 heavy (non-hydrogen) atoms. The van der Waals surface area contributed by atoms with Crippen molar-refractivity contribution in [1.82, 2.24) is 29.8 Å². The average Bonchev–Trinajstić information content (AvgIpc) is 3.01. The summed E-state index contributed by atoms with van der Waals surface area (Å²) in [6.07, 6.45) is 1.85. The number of sulfonamides is 1. The van der Waals surface area contributed by atoms with Crippen molar-refractivity contribution in [2.24, 2.45) is 7.05 Å². The molecule has 9 heteroatoms. The van der Waals surface area contributed by atoms with Crippen LogP contribution in [-0.2, 0) is 17.1 Å². The van der Waals surface area contributed by atoms with Gasteiger partial charge >= 0.3 is 0 Å². The van der Waals surface area contributed by atoms with E-state index in [1.165, 1.54) is 4.68 Å². The second kappa shape index (κ2) is 6.34. The number of benzene rings is 1. The van der Waals surface area contributed by atoms with Crippen molar-refractivity contribution in [3.05, 3.63) is 24.3 Å². The van der Waals surface area contributed by atoms with Crippen molar-refractivity contribution < 1.29 is 8.42 Å². The van der Waals surface area contributed by atoms with Crippen LogP contribution < -0.4 is 5.32 Å². The van der Waals surface area contributed by atoms with Gasteiger partial charge in [-0.2, -0.15) is 4.31 Å². The molecule has 1 aliphatic heterocycles. The van der Waals surface area contributed by atoms with Crippen molar-refractivity contribution in [2.45, 2.75) is 23.8 Å². The van der Waals surface area contributed by atoms with E-state index in [2.05, 4.69) is 20.8 Å². The Morgan fingerprint density at radius 2 is 2.17 bits per heavy atom. The Morgan fingerprint density at radius 1 is 1.35 bits per heavy atom. The third-order valence-corrected chi connectivity index (χ3v) is 6.00. The number of piperidine rings is 1. The van der Waals surface area contributed by atoms with Crippen LogP contribution in [0, 0.1) is 0 Å². The number of aryl methyl sites for hydroxylation is 1. The number of nitrogens with zero attached hydrogens (tertiary/aromatic N) is 5. The van der Waals surface area contributed by atoms with Crippen LogP contribution in [0.5, 0.6) is 0 Å². The van der Waals surface area contributed by atoms with Crippen molar-refractivity contribution in [1.29, 1.82) is 0 Å². The summed E-state index contributed by atoms with van der Waals surface area (Å²) in [5.74, 6) is 0.536. The Kier molecular flexibility index (Phi) is 4.42. The average molecular weight is 336 g/mol. The standard InChI is InChI=1S/C14H20N6O2S/c1-15-12-6-4-8-20(10-12)23(21,22)13-7-3-5-11(9-13)14-16-17-18-19(14)2/h3,5,7,9,12,15H,4,6,8,10H2,1-2H3. The fourth-order valence-corrected chi connectivity index (χ4v) is 4.39. The Labute approximate surface area is 135 Å². The van der Waals surface area contributed by atoms with Gasteiger partial charge < -0.3 is 5.32 Å². The number of likely N-dealkylation sites (N-methyl/N-ethyl adjacent to an activating group) is 1. The van der Waals surface area contributed by atoms with Gasteiger partial charge in [0.2, 0.25) is 10.0 Å². The van der Waals surface area contributed by atoms with E-state index in [1.807, 2.05) is 7.05 Å². The zero-order chi connectivity index (χ0) is 16.4. The van der Waals surface area contributed by atoms with Gasteiger partial charge in [0.05, 0.1) is 4.90 Å². The van der Waals surface area contributed by atoms with Crippen LogP contribution in [0.25, 0.3) is 11.4 Å². The van der Waals surface area contributed by atoms with Crippen molar-refractivity contribution in [3.63, 3.8) is 0 Å². The highest BCUT2D eigenvalue weighted by molar-refractivity contribution is 7.89. The summed E-state index contributed by atoms with van der Waals surface area (Å²) in [6, 6.07) is 6.97. The van der Waals surface area contributed by atoms with Gasteiger partial charge in [0.25, 0.3) is 0 Å². The van der Waals surface area contributed by atoms with E-state index in [0.29, 0.717) is 24.5 Å². The maximum absolute atomic E-state index is 12.9. The fraction of sp³-hybridized carbons (Fsp3) is 0.500. The molecule has 1 atom stereocenters. The maximum atomic E-state index is 12.9. The second-order valence-corrected chi connectivity index (χ2v) is 7.58. The molecule has 2 heterocycles. The number of hydrogen-bond acceptors (Lipinski definition) is 6. The van der Waals surface area contributed by atoms with Gasteiger partial charge in [0.15, 0.2) is 5.82 Å². The van der Waals surface area contributed by atoms with Gasteiger partial charge in [0, 0.05) is 31.7 Å². The van der Waals surface area contributed by atoms with Gasteiger partial charge in [-0.1, -0.05) is 12.1 Å². The molecule has 1 aromatic carbocycles. The molecule has 0 radical (unpaired) electrons. The van der Waals surface area contributed by atoms with E-state index in [1.54, 1.807) is 35.6 Å². The highest BCUT2D eigenvalue weighted by Gasteiger charge is 2.30. The van der Waals surface area contributed by atoms with E-state index in [9.17, 15) is 8.42 Å². The summed E-state index contributed by atoms with van der Waals surface area (Å²) in [6.45, 7) is 1.05. The number of hydrogen-bond donors (Lipinski definition) is 1. The first-order chi connectivity index (χ1) is 11.0. The molecular weight excluding hydrogens is 316 g/mol. The summed E-state index contributed by atoms with van der Waals surface area (Å²) in [5, 5.41) is 14.5. The fourth-order valence-electron chi connectivity index (χ4n) is 2.82. The molecule has 1 fully saturated rings. The van der Waals surface area contributed by atoms with Crippen molar-refractivity contribution >= 4 is 10.0 Å². The predicted octanol–water partition coefficient (Wildman–Crippen LogP) is 0.250. The van der Waals surface area contributed by atoms with E-state index in [4.69, 9.17) is 0 Å². The molecule has 1 N–H and O–H groups in total. The molecule has 1 unspecified atom stereocenters. The minimum absolute atomic E-state index is 0.199. The van der Waals surface area contributed by atoms with E-state index in [0.717, 1.165) is 12.8 Å². The third-order valence-electron chi connectivity index (χ3n) is 4.14. The van der Waals surface area contributed by atoms with Crippen molar-refractivity contribution in [3.8, 4) is 11.4 Å². The van der Waals surface area contributed by atoms with Gasteiger partial charge in [-0.15, -0.1) is 5.10 Å². The van der Waals surface area contributed by atoms with Gasteiger partial charge in [-0.3, -0.25) is 0 Å². The van der Waals surface area contributed by atoms with E-state index in [-0.39, 0.29) is 10.9 Å². The molecule has 0 spiro atoms. The molecule has 2 aromatic rings. The van der Waals surface area contributed by atoms with Gasteiger partial charge in [-0.25, -0.2) is 13.1 Å². The SMILES string of the molecule is CNC1CCCN(S(=O)(=O)c2cccc(-c3nnnn3C)c2)C1. The molecule has 0 aliphatic carbocycles. The first-order valence-electron chi connectivity index (χ1n) is 7.52.